The number of ether oxygens (including phenoxy) is 1. The first kappa shape index (κ1) is 12.5. The molecule has 18 heavy (non-hydrogen) atoms. The molecule has 0 aromatic heterocycles. The van der Waals surface area contributed by atoms with Crippen molar-refractivity contribution in [3.05, 3.63) is 35.9 Å². The molecule has 2 rings (SSSR count). The molecular formula is C15H17NO2. The minimum absolute atomic E-state index is 0.0775. The van der Waals surface area contributed by atoms with Gasteiger partial charge in [-0.3, -0.25) is 0 Å². The Morgan fingerprint density at radius 3 is 2.78 bits per heavy atom. The lowest BCUT2D eigenvalue weighted by atomic mass is 10.0. The van der Waals surface area contributed by atoms with E-state index in [4.69, 9.17) is 4.74 Å². The lowest BCUT2D eigenvalue weighted by molar-refractivity contribution is 0.167. The monoisotopic (exact) mass is 243 g/mol. The number of carbonyl (C=O) groups is 1. The fraction of sp³-hybridized carbons (Fsp3) is 0.400. The SMILES string of the molecule is CC(C)C[C@H]1COC(=O)N1C#Cc1ccccc1. The third-order valence-electron chi connectivity index (χ3n) is 2.80. The molecule has 0 bridgehead atoms. The van der Waals surface area contributed by atoms with E-state index in [1.807, 2.05) is 30.3 Å². The van der Waals surface area contributed by atoms with Crippen molar-refractivity contribution in [3.8, 4) is 12.0 Å². The molecule has 3 heteroatoms. The predicted octanol–water partition coefficient (Wildman–Crippen LogP) is 2.86. The molecular weight excluding hydrogens is 226 g/mol. The first-order valence-electron chi connectivity index (χ1n) is 6.19. The van der Waals surface area contributed by atoms with Crippen LogP contribution in [0.4, 0.5) is 4.79 Å². The summed E-state index contributed by atoms with van der Waals surface area (Å²) in [5, 5.41) is 0. The Morgan fingerprint density at radius 1 is 1.39 bits per heavy atom. The van der Waals surface area contributed by atoms with Gasteiger partial charge in [-0.05, 0) is 30.4 Å². The maximum absolute atomic E-state index is 11.6. The maximum atomic E-state index is 11.6. The first-order chi connectivity index (χ1) is 8.66. The lowest BCUT2D eigenvalue weighted by Gasteiger charge is -2.16. The molecule has 0 aliphatic carbocycles. The average molecular weight is 243 g/mol. The molecule has 1 aromatic carbocycles. The number of benzene rings is 1. The summed E-state index contributed by atoms with van der Waals surface area (Å²) in [6, 6.07) is 12.6. The van der Waals surface area contributed by atoms with Gasteiger partial charge in [0, 0.05) is 11.6 Å². The molecule has 0 N–H and O–H groups in total. The maximum Gasteiger partial charge on any atom is 0.422 e. The Hall–Kier alpha value is -1.95. The van der Waals surface area contributed by atoms with Gasteiger partial charge < -0.3 is 4.74 Å². The number of nitrogens with zero attached hydrogens (tertiary/aromatic N) is 1. The Balaban J connectivity index is 2.11. The van der Waals surface area contributed by atoms with E-state index in [9.17, 15) is 4.79 Å². The molecule has 1 aromatic rings. The molecule has 94 valence electrons. The summed E-state index contributed by atoms with van der Waals surface area (Å²) >= 11 is 0. The largest absolute Gasteiger partial charge is 0.446 e. The Morgan fingerprint density at radius 2 is 2.11 bits per heavy atom. The highest BCUT2D eigenvalue weighted by Gasteiger charge is 2.32. The van der Waals surface area contributed by atoms with Crippen LogP contribution >= 0.6 is 0 Å². The Kier molecular flexibility index (Phi) is 3.88. The van der Waals surface area contributed by atoms with Crippen LogP contribution in [-0.2, 0) is 4.74 Å². The molecule has 1 atom stereocenters. The van der Waals surface area contributed by atoms with Crippen molar-refractivity contribution in [3.63, 3.8) is 0 Å². The smallest absolute Gasteiger partial charge is 0.422 e. The third kappa shape index (κ3) is 3.04. The van der Waals surface area contributed by atoms with Gasteiger partial charge in [0.2, 0.25) is 0 Å². The quantitative estimate of drug-likeness (QED) is 0.747. The zero-order valence-electron chi connectivity index (χ0n) is 10.7. The standard InChI is InChI=1S/C15H17NO2/c1-12(2)10-14-11-18-15(17)16(14)9-8-13-6-4-3-5-7-13/h3-7,12,14H,10-11H2,1-2H3/t14-/m0/s1. The molecule has 1 aliphatic heterocycles. The van der Waals surface area contributed by atoms with Gasteiger partial charge in [0.1, 0.15) is 6.61 Å². The van der Waals surface area contributed by atoms with E-state index < -0.39 is 0 Å². The van der Waals surface area contributed by atoms with Gasteiger partial charge >= 0.3 is 6.09 Å². The van der Waals surface area contributed by atoms with Crippen LogP contribution in [0.2, 0.25) is 0 Å². The second-order valence-corrected chi connectivity index (χ2v) is 4.83. The highest BCUT2D eigenvalue weighted by Crippen LogP contribution is 2.18. The molecule has 1 amide bonds. The summed E-state index contributed by atoms with van der Waals surface area (Å²) in [4.78, 5) is 13.1. The second kappa shape index (κ2) is 5.59. The zero-order chi connectivity index (χ0) is 13.0. The van der Waals surface area contributed by atoms with Gasteiger partial charge in [0.15, 0.2) is 0 Å². The van der Waals surface area contributed by atoms with Crippen molar-refractivity contribution in [2.45, 2.75) is 26.3 Å². The second-order valence-electron chi connectivity index (χ2n) is 4.83. The van der Waals surface area contributed by atoms with Gasteiger partial charge in [0.05, 0.1) is 6.04 Å². The number of hydrogen-bond donors (Lipinski definition) is 0. The van der Waals surface area contributed by atoms with Crippen LogP contribution in [0, 0.1) is 17.9 Å². The van der Waals surface area contributed by atoms with Gasteiger partial charge in [-0.2, -0.15) is 0 Å². The van der Waals surface area contributed by atoms with Crippen molar-refractivity contribution in [2.24, 2.45) is 5.92 Å². The Bertz CT molecular complexity index is 470. The topological polar surface area (TPSA) is 29.5 Å². The molecule has 1 saturated heterocycles. The van der Waals surface area contributed by atoms with Crippen LogP contribution in [0.3, 0.4) is 0 Å². The normalized spacial score (nSPS) is 18.5. The van der Waals surface area contributed by atoms with E-state index in [-0.39, 0.29) is 12.1 Å². The fourth-order valence-corrected chi connectivity index (χ4v) is 1.96. The molecule has 0 spiro atoms. The number of hydrogen-bond acceptors (Lipinski definition) is 2. The van der Waals surface area contributed by atoms with E-state index >= 15 is 0 Å². The van der Waals surface area contributed by atoms with Gasteiger partial charge in [0.25, 0.3) is 0 Å². The fourth-order valence-electron chi connectivity index (χ4n) is 1.96. The van der Waals surface area contributed by atoms with E-state index in [1.165, 1.54) is 4.90 Å². The summed E-state index contributed by atoms with van der Waals surface area (Å²) in [6.45, 7) is 4.71. The summed E-state index contributed by atoms with van der Waals surface area (Å²) in [6.07, 6.45) is 0.582. The van der Waals surface area contributed by atoms with Gasteiger partial charge in [-0.1, -0.05) is 32.0 Å². The van der Waals surface area contributed by atoms with Crippen LogP contribution in [0.5, 0.6) is 0 Å². The number of amides is 1. The van der Waals surface area contributed by atoms with Crippen molar-refractivity contribution in [1.82, 2.24) is 4.90 Å². The van der Waals surface area contributed by atoms with Crippen molar-refractivity contribution < 1.29 is 9.53 Å². The summed E-state index contributed by atoms with van der Waals surface area (Å²) < 4.78 is 5.05. The van der Waals surface area contributed by atoms with Crippen molar-refractivity contribution >= 4 is 6.09 Å². The molecule has 3 nitrogen and oxygen atoms in total. The molecule has 0 radical (unpaired) electrons. The molecule has 1 heterocycles. The first-order valence-corrected chi connectivity index (χ1v) is 6.19. The molecule has 1 fully saturated rings. The average Bonchev–Trinajstić information content (AvgIpc) is 2.68. The van der Waals surface area contributed by atoms with Crippen LogP contribution in [0.25, 0.3) is 0 Å². The van der Waals surface area contributed by atoms with E-state index in [0.29, 0.717) is 12.5 Å². The molecule has 0 saturated carbocycles. The van der Waals surface area contributed by atoms with Crippen LogP contribution in [0.15, 0.2) is 30.3 Å². The predicted molar refractivity (Wildman–Crippen MR) is 69.8 cm³/mol. The lowest BCUT2D eigenvalue weighted by Crippen LogP contribution is -2.30. The minimum Gasteiger partial charge on any atom is -0.446 e. The van der Waals surface area contributed by atoms with Gasteiger partial charge in [-0.25, -0.2) is 9.69 Å². The van der Waals surface area contributed by atoms with Crippen LogP contribution in [0.1, 0.15) is 25.8 Å². The zero-order valence-corrected chi connectivity index (χ0v) is 10.7. The summed E-state index contributed by atoms with van der Waals surface area (Å²) in [5.41, 5.74) is 0.903. The summed E-state index contributed by atoms with van der Waals surface area (Å²) in [7, 11) is 0. The van der Waals surface area contributed by atoms with Crippen molar-refractivity contribution in [2.75, 3.05) is 6.61 Å². The van der Waals surface area contributed by atoms with Crippen molar-refractivity contribution in [1.29, 1.82) is 0 Å². The van der Waals surface area contributed by atoms with Gasteiger partial charge in [-0.15, -0.1) is 0 Å². The third-order valence-corrected chi connectivity index (χ3v) is 2.80. The molecule has 1 aliphatic rings. The number of cyclic esters (lactones) is 1. The minimum atomic E-state index is -0.330. The Labute approximate surface area is 108 Å². The van der Waals surface area contributed by atoms with E-state index in [2.05, 4.69) is 25.8 Å². The van der Waals surface area contributed by atoms with E-state index in [0.717, 1.165) is 12.0 Å². The highest BCUT2D eigenvalue weighted by atomic mass is 16.6. The van der Waals surface area contributed by atoms with Crippen LogP contribution < -0.4 is 0 Å². The molecule has 0 unspecified atom stereocenters. The van der Waals surface area contributed by atoms with Crippen LogP contribution in [-0.4, -0.2) is 23.6 Å². The summed E-state index contributed by atoms with van der Waals surface area (Å²) in [5.74, 6) is 3.51. The highest BCUT2D eigenvalue weighted by molar-refractivity contribution is 5.72. The number of rotatable bonds is 2. The van der Waals surface area contributed by atoms with E-state index in [1.54, 1.807) is 0 Å². The number of carbonyl (C=O) groups excluding carboxylic acids is 1.